The molecule has 0 fully saturated rings. The van der Waals surface area contributed by atoms with Gasteiger partial charge in [0.15, 0.2) is 0 Å². The number of nitrogens with two attached hydrogens (primary N) is 3. The molecule has 0 aromatic heterocycles. The van der Waals surface area contributed by atoms with Crippen molar-refractivity contribution < 1.29 is 29.7 Å². The first kappa shape index (κ1) is 30.8. The normalized spacial score (nSPS) is 20.7. The molecule has 2 aromatic carbocycles. The van der Waals surface area contributed by atoms with Gasteiger partial charge in [-0.3, -0.25) is 14.4 Å². The van der Waals surface area contributed by atoms with E-state index in [2.05, 4.69) is 10.6 Å². The van der Waals surface area contributed by atoms with Crippen LogP contribution in [0, 0.1) is 0 Å². The molecule has 1 aliphatic rings. The molecule has 11 N–H and O–H groups in total. The zero-order valence-corrected chi connectivity index (χ0v) is 22.7. The number of fused-ring (bicyclic) bond motifs is 5. The number of phenolic OH excluding ortho intramolecular Hbond substituents is 2. The summed E-state index contributed by atoms with van der Waals surface area (Å²) in [6.45, 7) is 0.221. The summed E-state index contributed by atoms with van der Waals surface area (Å²) in [5.74, 6) is -1.76. The number of likely N-dealkylation sites (N-methyl/N-ethyl adjacent to an activating group) is 1. The molecule has 0 saturated heterocycles. The first-order valence-electron chi connectivity index (χ1n) is 13.4. The topological polar surface area (TPSA) is 217 Å². The van der Waals surface area contributed by atoms with Gasteiger partial charge < -0.3 is 48.1 Å². The number of aromatic hydroxyl groups is 2. The van der Waals surface area contributed by atoms with Gasteiger partial charge in [-0.1, -0.05) is 12.1 Å². The second-order valence-corrected chi connectivity index (χ2v) is 10.1. The number of unbranched alkanes of at least 4 members (excludes halogenated alkanes) is 1. The van der Waals surface area contributed by atoms with Gasteiger partial charge in [-0.05, 0) is 72.3 Å². The Morgan fingerprint density at radius 2 is 1.65 bits per heavy atom. The number of nitrogens with one attached hydrogen (secondary N) is 2. The van der Waals surface area contributed by atoms with Crippen LogP contribution in [0.25, 0.3) is 11.1 Å². The van der Waals surface area contributed by atoms with E-state index >= 15 is 0 Å². The quantitative estimate of drug-likeness (QED) is 0.188. The predicted octanol–water partition coefficient (Wildman–Crippen LogP) is -0.933. The van der Waals surface area contributed by atoms with E-state index in [0.717, 1.165) is 0 Å². The van der Waals surface area contributed by atoms with Crippen LogP contribution >= 0.6 is 0 Å². The van der Waals surface area contributed by atoms with E-state index in [1.807, 2.05) is 0 Å². The van der Waals surface area contributed by atoms with Crippen molar-refractivity contribution in [1.82, 2.24) is 15.5 Å². The fraction of sp³-hybridized carbons (Fsp3) is 0.464. The van der Waals surface area contributed by atoms with Gasteiger partial charge >= 0.3 is 0 Å². The first-order valence-corrected chi connectivity index (χ1v) is 13.4. The van der Waals surface area contributed by atoms with Crippen LogP contribution < -0.4 is 27.8 Å². The van der Waals surface area contributed by atoms with E-state index in [4.69, 9.17) is 17.2 Å². The SMILES string of the molecule is CN1C(=O)[C@H](CCCCN)NC(=O)[C@@H](N)Cc2cc(ccc2O)-c2ccc(O)c(c2)CC1C(=O)NCC(O)CN. The van der Waals surface area contributed by atoms with Crippen molar-refractivity contribution >= 4 is 17.7 Å². The van der Waals surface area contributed by atoms with E-state index in [0.29, 0.717) is 41.6 Å². The molecule has 0 radical (unpaired) electrons. The highest BCUT2D eigenvalue weighted by Crippen LogP contribution is 2.31. The lowest BCUT2D eigenvalue weighted by Gasteiger charge is -2.32. The second-order valence-electron chi connectivity index (χ2n) is 10.1. The van der Waals surface area contributed by atoms with Crippen molar-refractivity contribution in [2.24, 2.45) is 17.2 Å². The lowest BCUT2D eigenvalue weighted by Crippen LogP contribution is -2.57. The Morgan fingerprint density at radius 1 is 1.05 bits per heavy atom. The van der Waals surface area contributed by atoms with Gasteiger partial charge in [0.05, 0.1) is 12.1 Å². The van der Waals surface area contributed by atoms with E-state index in [1.165, 1.54) is 24.1 Å². The van der Waals surface area contributed by atoms with Crippen molar-refractivity contribution in [2.75, 3.05) is 26.7 Å². The number of aliphatic hydroxyl groups is 1. The molecule has 1 heterocycles. The summed E-state index contributed by atoms with van der Waals surface area (Å²) >= 11 is 0. The number of carbonyl (C=O) groups is 3. The Labute approximate surface area is 233 Å². The van der Waals surface area contributed by atoms with Gasteiger partial charge in [-0.25, -0.2) is 0 Å². The molecule has 40 heavy (non-hydrogen) atoms. The Hall–Kier alpha value is -3.71. The predicted molar refractivity (Wildman–Crippen MR) is 150 cm³/mol. The van der Waals surface area contributed by atoms with Gasteiger partial charge in [0.2, 0.25) is 17.7 Å². The van der Waals surface area contributed by atoms with Crippen molar-refractivity contribution in [1.29, 1.82) is 0 Å². The summed E-state index contributed by atoms with van der Waals surface area (Å²) in [5.41, 5.74) is 19.5. The smallest absolute Gasteiger partial charge is 0.245 e. The maximum absolute atomic E-state index is 13.7. The Bertz CT molecular complexity index is 1210. The molecule has 12 nitrogen and oxygen atoms in total. The average Bonchev–Trinajstić information content (AvgIpc) is 2.94. The molecule has 2 aromatic rings. The van der Waals surface area contributed by atoms with E-state index in [9.17, 15) is 29.7 Å². The van der Waals surface area contributed by atoms with Crippen LogP contribution in [0.4, 0.5) is 0 Å². The molecule has 0 spiro atoms. The van der Waals surface area contributed by atoms with E-state index in [-0.39, 0.29) is 43.9 Å². The number of hydrogen-bond acceptors (Lipinski definition) is 9. The monoisotopic (exact) mass is 556 g/mol. The van der Waals surface area contributed by atoms with Crippen LogP contribution in [-0.4, -0.2) is 88.9 Å². The van der Waals surface area contributed by atoms with Gasteiger partial charge in [0.1, 0.15) is 23.6 Å². The summed E-state index contributed by atoms with van der Waals surface area (Å²) in [7, 11) is 1.45. The minimum Gasteiger partial charge on any atom is -0.508 e. The molecule has 218 valence electrons. The highest BCUT2D eigenvalue weighted by atomic mass is 16.3. The van der Waals surface area contributed by atoms with Gasteiger partial charge in [0.25, 0.3) is 0 Å². The fourth-order valence-electron chi connectivity index (χ4n) is 4.65. The summed E-state index contributed by atoms with van der Waals surface area (Å²) in [5, 5.41) is 36.4. The number of amides is 3. The van der Waals surface area contributed by atoms with Crippen LogP contribution in [0.3, 0.4) is 0 Å². The Balaban J connectivity index is 2.10. The zero-order chi connectivity index (χ0) is 29.4. The third kappa shape index (κ3) is 7.69. The molecule has 3 amide bonds. The van der Waals surface area contributed by atoms with Gasteiger partial charge in [0, 0.05) is 33.0 Å². The summed E-state index contributed by atoms with van der Waals surface area (Å²) in [6, 6.07) is 6.66. The number of aliphatic hydroxyl groups excluding tert-OH is 1. The van der Waals surface area contributed by atoms with Crippen molar-refractivity contribution in [3.8, 4) is 22.6 Å². The number of benzene rings is 2. The molecule has 4 bridgehead atoms. The first-order chi connectivity index (χ1) is 19.0. The molecule has 1 aliphatic heterocycles. The maximum Gasteiger partial charge on any atom is 0.245 e. The molecular weight excluding hydrogens is 516 g/mol. The lowest BCUT2D eigenvalue weighted by molar-refractivity contribution is -0.142. The van der Waals surface area contributed by atoms with Crippen molar-refractivity contribution in [3.63, 3.8) is 0 Å². The minimum absolute atomic E-state index is 0.0184. The van der Waals surface area contributed by atoms with Crippen LogP contribution in [0.15, 0.2) is 36.4 Å². The van der Waals surface area contributed by atoms with Crippen LogP contribution in [-0.2, 0) is 27.2 Å². The number of rotatable bonds is 8. The molecule has 0 saturated carbocycles. The minimum atomic E-state index is -1.10. The molecule has 3 rings (SSSR count). The van der Waals surface area contributed by atoms with Crippen molar-refractivity contribution in [2.45, 2.75) is 56.3 Å². The highest BCUT2D eigenvalue weighted by molar-refractivity contribution is 5.93. The number of nitrogens with zero attached hydrogens (tertiary/aromatic N) is 1. The summed E-state index contributed by atoms with van der Waals surface area (Å²) in [6.07, 6.45) is 0.419. The van der Waals surface area contributed by atoms with E-state index < -0.39 is 42.0 Å². The third-order valence-electron chi connectivity index (χ3n) is 7.15. The van der Waals surface area contributed by atoms with Crippen LogP contribution in [0.1, 0.15) is 30.4 Å². The molecule has 0 aliphatic carbocycles. The van der Waals surface area contributed by atoms with Crippen LogP contribution in [0.2, 0.25) is 0 Å². The summed E-state index contributed by atoms with van der Waals surface area (Å²) < 4.78 is 0. The van der Waals surface area contributed by atoms with Gasteiger partial charge in [-0.2, -0.15) is 0 Å². The van der Waals surface area contributed by atoms with Crippen molar-refractivity contribution in [3.05, 3.63) is 47.5 Å². The second kappa shape index (κ2) is 14.1. The Kier molecular flexibility index (Phi) is 10.8. The maximum atomic E-state index is 13.7. The molecule has 4 atom stereocenters. The molecule has 2 unspecified atom stereocenters. The highest BCUT2D eigenvalue weighted by Gasteiger charge is 2.34. The largest absolute Gasteiger partial charge is 0.508 e. The third-order valence-corrected chi connectivity index (χ3v) is 7.15. The Morgan fingerprint density at radius 3 is 2.23 bits per heavy atom. The van der Waals surface area contributed by atoms with Gasteiger partial charge in [-0.15, -0.1) is 0 Å². The summed E-state index contributed by atoms with van der Waals surface area (Å²) in [4.78, 5) is 41.4. The lowest BCUT2D eigenvalue weighted by atomic mass is 9.95. The molecular formula is C28H40N6O6. The van der Waals surface area contributed by atoms with E-state index in [1.54, 1.807) is 24.3 Å². The number of phenols is 2. The number of hydrogen-bond donors (Lipinski definition) is 8. The molecule has 12 heteroatoms. The zero-order valence-electron chi connectivity index (χ0n) is 22.7. The average molecular weight is 557 g/mol. The number of carbonyl (C=O) groups excluding carboxylic acids is 3. The fourth-order valence-corrected chi connectivity index (χ4v) is 4.65. The standard InChI is InChI=1S/C28H40N6O6/c1-34-23(27(39)32-15-20(35)14-30)13-19-11-17(6-8-25(19)37)16-5-7-24(36)18(10-16)12-21(31)26(38)33-22(28(34)40)4-2-3-9-29/h5-8,10-11,20-23,35-37H,2-4,9,12-15,29-31H2,1H3,(H,32,39)(H,33,38)/t20?,21-,22-,23?/m0/s1. The van der Waals surface area contributed by atoms with Crippen LogP contribution in [0.5, 0.6) is 11.5 Å².